The van der Waals surface area contributed by atoms with Gasteiger partial charge in [-0.25, -0.2) is 4.79 Å². The van der Waals surface area contributed by atoms with Crippen LogP contribution in [0.4, 0.5) is 4.79 Å². The summed E-state index contributed by atoms with van der Waals surface area (Å²) in [6.07, 6.45) is -0.716. The quantitative estimate of drug-likeness (QED) is 0.464. The van der Waals surface area contributed by atoms with E-state index in [0.717, 1.165) is 0 Å². The lowest BCUT2D eigenvalue weighted by Gasteiger charge is -2.37. The molecule has 0 unspecified atom stereocenters. The fraction of sp³-hybridized carbons (Fsp3) is 0.786. The van der Waals surface area contributed by atoms with Gasteiger partial charge in [0.15, 0.2) is 14.4 Å². The molecule has 1 N–H and O–H groups in total. The summed E-state index contributed by atoms with van der Waals surface area (Å²) >= 11 is 0. The molecule has 1 aliphatic rings. The molecule has 0 spiro atoms. The Hall–Kier alpha value is -0.853. The lowest BCUT2D eigenvalue weighted by Crippen LogP contribution is -2.46. The highest BCUT2D eigenvalue weighted by Gasteiger charge is 2.43. The van der Waals surface area contributed by atoms with Gasteiger partial charge in [0.1, 0.15) is 12.2 Å². The molecule has 6 heteroatoms. The van der Waals surface area contributed by atoms with E-state index < -0.39 is 32.8 Å². The third kappa shape index (κ3) is 4.07. The van der Waals surface area contributed by atoms with Crippen LogP contribution in [0.5, 0.6) is 0 Å². The molecule has 0 radical (unpaired) electrons. The molecule has 1 rings (SSSR count). The van der Waals surface area contributed by atoms with Gasteiger partial charge in [-0.2, -0.15) is 0 Å². The Morgan fingerprint density at radius 3 is 2.55 bits per heavy atom. The molecule has 3 atom stereocenters. The maximum atomic E-state index is 11.2. The van der Waals surface area contributed by atoms with Gasteiger partial charge in [0.25, 0.3) is 0 Å². The van der Waals surface area contributed by atoms with E-state index in [-0.39, 0.29) is 11.6 Å². The van der Waals surface area contributed by atoms with Crippen molar-refractivity contribution in [1.29, 1.82) is 0 Å². The van der Waals surface area contributed by atoms with Crippen LogP contribution in [0.15, 0.2) is 12.7 Å². The first-order chi connectivity index (χ1) is 9.08. The first-order valence-electron chi connectivity index (χ1n) is 6.88. The molecule has 0 aromatic carbocycles. The van der Waals surface area contributed by atoms with Crippen LogP contribution in [0.25, 0.3) is 0 Å². The largest absolute Gasteiger partial charge is 0.509 e. The Labute approximate surface area is 122 Å². The zero-order chi connectivity index (χ0) is 15.6. The van der Waals surface area contributed by atoms with E-state index in [9.17, 15) is 9.90 Å². The molecule has 0 aromatic rings. The van der Waals surface area contributed by atoms with E-state index in [4.69, 9.17) is 13.9 Å². The minimum absolute atomic E-state index is 0.0656. The summed E-state index contributed by atoms with van der Waals surface area (Å²) in [4.78, 5) is 11.2. The van der Waals surface area contributed by atoms with Gasteiger partial charge in [-0.1, -0.05) is 26.8 Å². The summed E-state index contributed by atoms with van der Waals surface area (Å²) in [6.45, 7) is 14.4. The number of aliphatic hydroxyl groups is 1. The Morgan fingerprint density at radius 2 is 2.05 bits per heavy atom. The normalized spacial score (nSPS) is 25.0. The van der Waals surface area contributed by atoms with Crippen LogP contribution < -0.4 is 0 Å². The van der Waals surface area contributed by atoms with Gasteiger partial charge in [0, 0.05) is 6.42 Å². The minimum Gasteiger partial charge on any atom is -0.427 e. The molecule has 1 heterocycles. The molecule has 1 saturated heterocycles. The fourth-order valence-electron chi connectivity index (χ4n) is 1.68. The van der Waals surface area contributed by atoms with Crippen LogP contribution in [0.2, 0.25) is 18.1 Å². The van der Waals surface area contributed by atoms with Gasteiger partial charge in [-0.15, -0.1) is 6.58 Å². The monoisotopic (exact) mass is 302 g/mol. The maximum Gasteiger partial charge on any atom is 0.509 e. The summed E-state index contributed by atoms with van der Waals surface area (Å²) in [5, 5.41) is 10.3. The van der Waals surface area contributed by atoms with Crippen molar-refractivity contribution in [3.63, 3.8) is 0 Å². The van der Waals surface area contributed by atoms with Gasteiger partial charge >= 0.3 is 6.16 Å². The number of hydrogen-bond donors (Lipinski definition) is 1. The lowest BCUT2D eigenvalue weighted by atomic mass is 10.1. The van der Waals surface area contributed by atoms with E-state index in [2.05, 4.69) is 40.4 Å². The van der Waals surface area contributed by atoms with Crippen molar-refractivity contribution in [2.45, 2.75) is 63.6 Å². The van der Waals surface area contributed by atoms with Crippen molar-refractivity contribution in [2.75, 3.05) is 6.61 Å². The summed E-state index contributed by atoms with van der Waals surface area (Å²) in [6, 6.07) is 0. The van der Waals surface area contributed by atoms with Crippen molar-refractivity contribution >= 4 is 14.5 Å². The summed E-state index contributed by atoms with van der Waals surface area (Å²) in [7, 11) is -1.94. The molecule has 0 bridgehead atoms. The molecule has 1 aliphatic heterocycles. The Balaban J connectivity index is 2.60. The average Bonchev–Trinajstić information content (AvgIpc) is 2.66. The molecule has 20 heavy (non-hydrogen) atoms. The van der Waals surface area contributed by atoms with Crippen LogP contribution in [-0.4, -0.2) is 44.5 Å². The van der Waals surface area contributed by atoms with Crippen LogP contribution in [0.1, 0.15) is 27.2 Å². The van der Waals surface area contributed by atoms with Crippen molar-refractivity contribution in [3.8, 4) is 0 Å². The maximum absolute atomic E-state index is 11.2. The molecule has 5 nitrogen and oxygen atoms in total. The third-order valence-corrected chi connectivity index (χ3v) is 8.55. The highest BCUT2D eigenvalue weighted by atomic mass is 28.4. The molecule has 1 fully saturated rings. The molecule has 0 aliphatic carbocycles. The van der Waals surface area contributed by atoms with E-state index in [1.165, 1.54) is 0 Å². The van der Waals surface area contributed by atoms with Crippen molar-refractivity contribution in [2.24, 2.45) is 0 Å². The first-order valence-corrected chi connectivity index (χ1v) is 9.79. The highest BCUT2D eigenvalue weighted by Crippen LogP contribution is 2.36. The first kappa shape index (κ1) is 17.2. The SMILES string of the molecule is C=CC[C@H]1OC(=O)O[C@@H]1[C@H](O)CO[Si](C)(C)C(C)(C)C. The molecule has 0 amide bonds. The smallest absolute Gasteiger partial charge is 0.427 e. The number of aliphatic hydroxyl groups excluding tert-OH is 1. The molecular formula is C14H26O5Si. The molecule has 0 aromatic heterocycles. The summed E-state index contributed by atoms with van der Waals surface area (Å²) in [5.41, 5.74) is 0. The number of ether oxygens (including phenoxy) is 2. The highest BCUT2D eigenvalue weighted by molar-refractivity contribution is 6.74. The zero-order valence-electron chi connectivity index (χ0n) is 13.0. The summed E-state index contributed by atoms with van der Waals surface area (Å²) in [5.74, 6) is 0. The van der Waals surface area contributed by atoms with E-state index in [1.807, 2.05) is 0 Å². The van der Waals surface area contributed by atoms with Crippen LogP contribution in [0, 0.1) is 0 Å². The second-order valence-electron chi connectivity index (χ2n) is 6.65. The van der Waals surface area contributed by atoms with Gasteiger partial charge in [0.2, 0.25) is 0 Å². The predicted octanol–water partition coefficient (Wildman–Crippen LogP) is 2.85. The van der Waals surface area contributed by atoms with Gasteiger partial charge in [-0.05, 0) is 18.1 Å². The van der Waals surface area contributed by atoms with Crippen molar-refractivity contribution in [3.05, 3.63) is 12.7 Å². The zero-order valence-corrected chi connectivity index (χ0v) is 14.0. The second-order valence-corrected chi connectivity index (χ2v) is 11.5. The van der Waals surface area contributed by atoms with E-state index in [1.54, 1.807) is 6.08 Å². The topological polar surface area (TPSA) is 65.0 Å². The van der Waals surface area contributed by atoms with Crippen molar-refractivity contribution < 1.29 is 23.8 Å². The standard InChI is InChI=1S/C14H26O5Si/c1-7-8-11-12(19-13(16)18-11)10(15)9-17-20(5,6)14(2,3)4/h7,10-12,15H,1,8-9H2,2-6H3/t10-,11-,12-/m1/s1. The van der Waals surface area contributed by atoms with E-state index in [0.29, 0.717) is 6.42 Å². The Morgan fingerprint density at radius 1 is 1.45 bits per heavy atom. The summed E-state index contributed by atoms with van der Waals surface area (Å²) < 4.78 is 16.0. The Kier molecular flexibility index (Phi) is 5.40. The third-order valence-electron chi connectivity index (χ3n) is 4.05. The predicted molar refractivity (Wildman–Crippen MR) is 79.1 cm³/mol. The van der Waals surface area contributed by atoms with Crippen molar-refractivity contribution in [1.82, 2.24) is 0 Å². The Bertz CT molecular complexity index is 361. The number of carbonyl (C=O) groups is 1. The molecule has 0 saturated carbocycles. The molecular weight excluding hydrogens is 276 g/mol. The number of rotatable bonds is 6. The lowest BCUT2D eigenvalue weighted by molar-refractivity contribution is -0.0140. The van der Waals surface area contributed by atoms with Crippen LogP contribution >= 0.6 is 0 Å². The number of hydrogen-bond acceptors (Lipinski definition) is 5. The molecule has 116 valence electrons. The van der Waals surface area contributed by atoms with Gasteiger partial charge < -0.3 is 19.0 Å². The van der Waals surface area contributed by atoms with E-state index >= 15 is 0 Å². The minimum atomic E-state index is -1.94. The van der Waals surface area contributed by atoms with Gasteiger partial charge in [-0.3, -0.25) is 0 Å². The van der Waals surface area contributed by atoms with Crippen LogP contribution in [-0.2, 0) is 13.9 Å². The van der Waals surface area contributed by atoms with Gasteiger partial charge in [0.05, 0.1) is 6.61 Å². The second kappa shape index (κ2) is 6.28. The fourth-order valence-corrected chi connectivity index (χ4v) is 2.70. The average molecular weight is 302 g/mol. The number of carbonyl (C=O) groups excluding carboxylic acids is 1. The number of cyclic esters (lactones) is 2. The van der Waals surface area contributed by atoms with Crippen LogP contribution in [0.3, 0.4) is 0 Å².